The molecule has 0 saturated carbocycles. The van der Waals surface area contributed by atoms with E-state index < -0.39 is 11.3 Å². The molecule has 12 heavy (non-hydrogen) atoms. The maximum atomic E-state index is 10.6. The highest BCUT2D eigenvalue weighted by Crippen LogP contribution is 2.06. The van der Waals surface area contributed by atoms with E-state index in [1.807, 2.05) is 0 Å². The van der Waals surface area contributed by atoms with E-state index in [-0.39, 0.29) is 0 Å². The van der Waals surface area contributed by atoms with Gasteiger partial charge >= 0.3 is 0 Å². The molecule has 62 valence electrons. The second-order valence-corrected chi connectivity index (χ2v) is 2.89. The van der Waals surface area contributed by atoms with Crippen LogP contribution in [0.5, 0.6) is 0 Å². The molecule has 2 aromatic rings. The summed E-state index contributed by atoms with van der Waals surface area (Å²) in [5.41, 5.74) is 0.853. The number of rotatable bonds is 1. The van der Waals surface area contributed by atoms with E-state index in [1.165, 1.54) is 18.9 Å². The molecular weight excluding hydrogens is 180 g/mol. The SMILES string of the molecule is O=S(O)n1cnc2cncnc21. The van der Waals surface area contributed by atoms with E-state index in [4.69, 9.17) is 4.55 Å². The fourth-order valence-corrected chi connectivity index (χ4v) is 1.28. The van der Waals surface area contributed by atoms with Gasteiger partial charge in [-0.3, -0.25) is 4.55 Å². The first-order valence-electron chi connectivity index (χ1n) is 3.03. The molecule has 1 atom stereocenters. The summed E-state index contributed by atoms with van der Waals surface area (Å²) in [5, 5.41) is 0. The van der Waals surface area contributed by atoms with Gasteiger partial charge in [-0.05, 0) is 0 Å². The van der Waals surface area contributed by atoms with Crippen molar-refractivity contribution in [1.29, 1.82) is 0 Å². The van der Waals surface area contributed by atoms with Crippen molar-refractivity contribution >= 4 is 22.4 Å². The van der Waals surface area contributed by atoms with Crippen molar-refractivity contribution < 1.29 is 8.76 Å². The molecule has 0 spiro atoms. The molecule has 6 nitrogen and oxygen atoms in total. The highest BCUT2D eigenvalue weighted by atomic mass is 32.2. The van der Waals surface area contributed by atoms with Gasteiger partial charge in [0.1, 0.15) is 18.2 Å². The van der Waals surface area contributed by atoms with Crippen molar-refractivity contribution in [2.24, 2.45) is 0 Å². The second-order valence-electron chi connectivity index (χ2n) is 2.03. The Morgan fingerprint density at radius 2 is 2.33 bits per heavy atom. The summed E-state index contributed by atoms with van der Waals surface area (Å²) in [6, 6.07) is 0. The zero-order valence-electron chi connectivity index (χ0n) is 5.78. The minimum Gasteiger partial charge on any atom is -0.289 e. The van der Waals surface area contributed by atoms with E-state index in [9.17, 15) is 4.21 Å². The van der Waals surface area contributed by atoms with E-state index in [0.717, 1.165) is 3.97 Å². The first-order valence-corrected chi connectivity index (χ1v) is 4.10. The van der Waals surface area contributed by atoms with E-state index >= 15 is 0 Å². The maximum absolute atomic E-state index is 10.6. The zero-order valence-corrected chi connectivity index (χ0v) is 6.60. The molecule has 1 N–H and O–H groups in total. The Morgan fingerprint density at radius 1 is 1.50 bits per heavy atom. The van der Waals surface area contributed by atoms with Crippen LogP contribution in [0.3, 0.4) is 0 Å². The molecule has 7 heteroatoms. The number of nitrogens with zero attached hydrogens (tertiary/aromatic N) is 4. The highest BCUT2D eigenvalue weighted by molar-refractivity contribution is 7.77. The highest BCUT2D eigenvalue weighted by Gasteiger charge is 2.06. The van der Waals surface area contributed by atoms with Crippen LogP contribution in [0.1, 0.15) is 0 Å². The standard InChI is InChI=1S/C5H4N4O2S/c10-12(11)9-3-8-4-1-6-2-7-5(4)9/h1-3H,(H,10,11). The van der Waals surface area contributed by atoms with Gasteiger partial charge in [0.2, 0.25) is 0 Å². The van der Waals surface area contributed by atoms with Crippen LogP contribution < -0.4 is 0 Å². The minimum absolute atomic E-state index is 0.353. The van der Waals surface area contributed by atoms with Gasteiger partial charge in [0.15, 0.2) is 5.65 Å². The number of hydrogen-bond donors (Lipinski definition) is 1. The van der Waals surface area contributed by atoms with E-state index in [2.05, 4.69) is 15.0 Å². The smallest absolute Gasteiger partial charge is 0.268 e. The molecule has 2 aromatic heterocycles. The van der Waals surface area contributed by atoms with Crippen LogP contribution in [0.25, 0.3) is 11.2 Å². The molecule has 0 aliphatic heterocycles. The predicted octanol–water partition coefficient (Wildman–Crippen LogP) is -0.189. The third kappa shape index (κ3) is 0.990. The molecule has 1 unspecified atom stereocenters. The number of aromatic nitrogens is 4. The Labute approximate surface area is 69.7 Å². The molecule has 2 rings (SSSR count). The molecule has 0 fully saturated rings. The van der Waals surface area contributed by atoms with Crippen LogP contribution in [0.2, 0.25) is 0 Å². The van der Waals surface area contributed by atoms with Crippen molar-refractivity contribution in [2.45, 2.75) is 0 Å². The summed E-state index contributed by atoms with van der Waals surface area (Å²) < 4.78 is 20.4. The van der Waals surface area contributed by atoms with Gasteiger partial charge in [0.05, 0.1) is 6.20 Å². The van der Waals surface area contributed by atoms with Crippen molar-refractivity contribution in [2.75, 3.05) is 0 Å². The molecule has 2 heterocycles. The average molecular weight is 184 g/mol. The molecule has 0 aromatic carbocycles. The Hall–Kier alpha value is -1.34. The Balaban J connectivity index is 2.79. The van der Waals surface area contributed by atoms with E-state index in [0.29, 0.717) is 11.2 Å². The number of fused-ring (bicyclic) bond motifs is 1. The number of imidazole rings is 1. The Kier molecular flexibility index (Phi) is 1.59. The third-order valence-corrected chi connectivity index (χ3v) is 1.96. The zero-order chi connectivity index (χ0) is 8.55. The van der Waals surface area contributed by atoms with Gasteiger partial charge < -0.3 is 0 Å². The lowest BCUT2D eigenvalue weighted by atomic mass is 10.6. The normalized spacial score (nSPS) is 13.4. The summed E-state index contributed by atoms with van der Waals surface area (Å²) >= 11 is -2.11. The fraction of sp³-hybridized carbons (Fsp3) is 0. The van der Waals surface area contributed by atoms with Crippen LogP contribution in [0.15, 0.2) is 18.9 Å². The minimum atomic E-state index is -2.11. The quantitative estimate of drug-likeness (QED) is 0.621. The topological polar surface area (TPSA) is 80.9 Å². The largest absolute Gasteiger partial charge is 0.289 e. The molecule has 0 radical (unpaired) electrons. The van der Waals surface area contributed by atoms with Crippen LogP contribution >= 0.6 is 0 Å². The van der Waals surface area contributed by atoms with Crippen LogP contribution in [-0.4, -0.2) is 27.7 Å². The second kappa shape index (κ2) is 2.61. The Morgan fingerprint density at radius 3 is 3.08 bits per heavy atom. The Bertz CT molecular complexity index is 440. The van der Waals surface area contributed by atoms with Crippen LogP contribution in [0, 0.1) is 0 Å². The van der Waals surface area contributed by atoms with Gasteiger partial charge in [-0.25, -0.2) is 23.1 Å². The summed E-state index contributed by atoms with van der Waals surface area (Å²) in [4.78, 5) is 11.3. The third-order valence-electron chi connectivity index (χ3n) is 1.35. The lowest BCUT2D eigenvalue weighted by molar-refractivity contribution is 0.556. The van der Waals surface area contributed by atoms with Gasteiger partial charge in [0.25, 0.3) is 11.3 Å². The first kappa shape index (κ1) is 7.32. The average Bonchev–Trinajstić information content (AvgIpc) is 2.47. The van der Waals surface area contributed by atoms with Crippen molar-refractivity contribution in [3.8, 4) is 0 Å². The molecule has 0 saturated heterocycles. The lowest BCUT2D eigenvalue weighted by Crippen LogP contribution is -2.01. The summed E-state index contributed by atoms with van der Waals surface area (Å²) in [7, 11) is 0. The van der Waals surface area contributed by atoms with Crippen molar-refractivity contribution in [1.82, 2.24) is 18.9 Å². The molecular formula is C5H4N4O2S. The maximum Gasteiger partial charge on any atom is 0.268 e. The van der Waals surface area contributed by atoms with Gasteiger partial charge in [-0.15, -0.1) is 0 Å². The van der Waals surface area contributed by atoms with E-state index in [1.54, 1.807) is 0 Å². The lowest BCUT2D eigenvalue weighted by Gasteiger charge is -1.92. The van der Waals surface area contributed by atoms with Gasteiger partial charge in [-0.1, -0.05) is 0 Å². The number of hydrogen-bond acceptors (Lipinski definition) is 4. The monoisotopic (exact) mass is 184 g/mol. The summed E-state index contributed by atoms with van der Waals surface area (Å²) in [6.45, 7) is 0. The van der Waals surface area contributed by atoms with Gasteiger partial charge in [0, 0.05) is 0 Å². The van der Waals surface area contributed by atoms with Crippen LogP contribution in [0.4, 0.5) is 0 Å². The predicted molar refractivity (Wildman–Crippen MR) is 41.5 cm³/mol. The van der Waals surface area contributed by atoms with Crippen molar-refractivity contribution in [3.63, 3.8) is 0 Å². The summed E-state index contributed by atoms with van der Waals surface area (Å²) in [5.74, 6) is 0. The molecule has 0 aliphatic rings. The molecule has 0 amide bonds. The molecule has 0 aliphatic carbocycles. The van der Waals surface area contributed by atoms with Gasteiger partial charge in [-0.2, -0.15) is 0 Å². The summed E-state index contributed by atoms with van der Waals surface area (Å²) in [6.07, 6.45) is 4.02. The fourth-order valence-electron chi connectivity index (χ4n) is 0.860. The van der Waals surface area contributed by atoms with Crippen LogP contribution in [-0.2, 0) is 11.3 Å². The first-order chi connectivity index (χ1) is 5.79. The molecule has 0 bridgehead atoms. The van der Waals surface area contributed by atoms with Crippen molar-refractivity contribution in [3.05, 3.63) is 18.9 Å².